The van der Waals surface area contributed by atoms with E-state index in [9.17, 15) is 14.7 Å². The van der Waals surface area contributed by atoms with Crippen molar-refractivity contribution in [1.82, 2.24) is 4.90 Å². The number of carboxylic acid groups (broad SMARTS) is 1. The first-order valence-electron chi connectivity index (χ1n) is 9.84. The quantitative estimate of drug-likeness (QED) is 0.541. The van der Waals surface area contributed by atoms with Crippen LogP contribution in [-0.4, -0.2) is 29.0 Å². The van der Waals surface area contributed by atoms with E-state index in [0.717, 1.165) is 16.9 Å². The summed E-state index contributed by atoms with van der Waals surface area (Å²) in [7, 11) is 1.66. The molecule has 1 fully saturated rings. The van der Waals surface area contributed by atoms with Gasteiger partial charge in [-0.2, -0.15) is 0 Å². The summed E-state index contributed by atoms with van der Waals surface area (Å²) in [5.74, 6) is -0.640. The molecule has 6 nitrogen and oxygen atoms in total. The number of carbonyl (C=O) groups excluding carboxylic acids is 2. The van der Waals surface area contributed by atoms with Crippen LogP contribution in [0.3, 0.4) is 0 Å². The second-order valence-electron chi connectivity index (χ2n) is 7.05. The summed E-state index contributed by atoms with van der Waals surface area (Å²) in [6.07, 6.45) is 1.81. The molecule has 0 radical (unpaired) electrons. The maximum Gasteiger partial charge on any atom is 0.266 e. The molecule has 0 saturated carbocycles. The third-order valence-electron chi connectivity index (χ3n) is 4.76. The number of rotatable bonds is 6. The summed E-state index contributed by atoms with van der Waals surface area (Å²) in [5.41, 5.74) is 2.60. The monoisotopic (exact) mass is 443 g/mol. The number of benzene rings is 3. The van der Waals surface area contributed by atoms with Crippen LogP contribution in [0.4, 0.5) is 5.69 Å². The number of aliphatic imine (C=N–C) groups is 1. The number of hydrogen-bond donors (Lipinski definition) is 0. The van der Waals surface area contributed by atoms with Crippen molar-refractivity contribution in [2.75, 3.05) is 7.05 Å². The van der Waals surface area contributed by atoms with Gasteiger partial charge >= 0.3 is 0 Å². The van der Waals surface area contributed by atoms with Crippen LogP contribution < -0.4 is 9.84 Å². The van der Waals surface area contributed by atoms with Crippen molar-refractivity contribution >= 4 is 40.6 Å². The predicted molar refractivity (Wildman–Crippen MR) is 123 cm³/mol. The zero-order chi connectivity index (χ0) is 22.5. The molecule has 0 bridgehead atoms. The molecule has 3 aromatic carbocycles. The van der Waals surface area contributed by atoms with Gasteiger partial charge in [0.15, 0.2) is 5.17 Å². The standard InChI is InChI=1S/C25H20N2O4S/c1-27-23(28)22(32-25(27)26-20-11-9-19(10-12-20)24(29)30)15-17-7-13-21(14-8-17)31-16-18-5-3-2-4-6-18/h2-15H,16H2,1H3,(H,29,30)/p-1. The third kappa shape index (κ3) is 5.07. The molecule has 0 spiro atoms. The van der Waals surface area contributed by atoms with Gasteiger partial charge in [-0.1, -0.05) is 54.6 Å². The summed E-state index contributed by atoms with van der Waals surface area (Å²) in [4.78, 5) is 30.0. The van der Waals surface area contributed by atoms with E-state index in [1.165, 1.54) is 28.8 Å². The van der Waals surface area contributed by atoms with Gasteiger partial charge in [0.1, 0.15) is 12.4 Å². The molecule has 4 rings (SSSR count). The highest BCUT2D eigenvalue weighted by atomic mass is 32.2. The molecule has 0 N–H and O–H groups in total. The van der Waals surface area contributed by atoms with Crippen LogP contribution in [0.25, 0.3) is 6.08 Å². The molecule has 0 unspecified atom stereocenters. The molecule has 160 valence electrons. The van der Waals surface area contributed by atoms with Crippen molar-refractivity contribution in [3.8, 4) is 5.75 Å². The van der Waals surface area contributed by atoms with Crippen LogP contribution in [-0.2, 0) is 11.4 Å². The van der Waals surface area contributed by atoms with Crippen LogP contribution in [0.5, 0.6) is 5.75 Å². The highest BCUT2D eigenvalue weighted by molar-refractivity contribution is 8.18. The normalized spacial score (nSPS) is 16.0. The SMILES string of the molecule is CN1C(=O)C(=Cc2ccc(OCc3ccccc3)cc2)SC1=Nc1ccc(C(=O)[O-])cc1. The number of likely N-dealkylation sites (N-methyl/N-ethyl adjacent to an activating group) is 1. The fraction of sp³-hybridized carbons (Fsp3) is 0.0800. The summed E-state index contributed by atoms with van der Waals surface area (Å²) >= 11 is 1.27. The number of hydrogen-bond acceptors (Lipinski definition) is 6. The number of carbonyl (C=O) groups is 2. The molecule has 1 amide bonds. The van der Waals surface area contributed by atoms with Gasteiger partial charge in [-0.05, 0) is 58.8 Å². The Hall–Kier alpha value is -3.84. The smallest absolute Gasteiger partial charge is 0.266 e. The maximum absolute atomic E-state index is 12.6. The van der Waals surface area contributed by atoms with E-state index in [-0.39, 0.29) is 11.5 Å². The topological polar surface area (TPSA) is 82.0 Å². The van der Waals surface area contributed by atoms with Gasteiger partial charge < -0.3 is 14.6 Å². The summed E-state index contributed by atoms with van der Waals surface area (Å²) in [6, 6.07) is 23.5. The highest BCUT2D eigenvalue weighted by Crippen LogP contribution is 2.33. The summed E-state index contributed by atoms with van der Waals surface area (Å²) in [5, 5.41) is 11.4. The first-order valence-corrected chi connectivity index (χ1v) is 10.7. The lowest BCUT2D eigenvalue weighted by Gasteiger charge is -2.07. The van der Waals surface area contributed by atoms with Crippen LogP contribution in [0.15, 0.2) is 88.8 Å². The second kappa shape index (κ2) is 9.53. The number of nitrogens with zero attached hydrogens (tertiary/aromatic N) is 2. The second-order valence-corrected chi connectivity index (χ2v) is 8.06. The third-order valence-corrected chi connectivity index (χ3v) is 5.82. The molecule has 1 saturated heterocycles. The molecule has 3 aromatic rings. The molecule has 32 heavy (non-hydrogen) atoms. The lowest BCUT2D eigenvalue weighted by atomic mass is 10.2. The molecule has 0 atom stereocenters. The molecule has 1 aliphatic heterocycles. The van der Waals surface area contributed by atoms with Crippen LogP contribution in [0.2, 0.25) is 0 Å². The van der Waals surface area contributed by atoms with Crippen LogP contribution in [0, 0.1) is 0 Å². The predicted octanol–water partition coefficient (Wildman–Crippen LogP) is 3.86. The fourth-order valence-electron chi connectivity index (χ4n) is 2.99. The van der Waals surface area contributed by atoms with Gasteiger partial charge in [0.25, 0.3) is 5.91 Å². The number of amides is 1. The molecular weight excluding hydrogens is 424 g/mol. The fourth-order valence-corrected chi connectivity index (χ4v) is 3.97. The van der Waals surface area contributed by atoms with Gasteiger partial charge in [0.2, 0.25) is 0 Å². The Kier molecular flexibility index (Phi) is 6.37. The molecule has 1 heterocycles. The van der Waals surface area contributed by atoms with E-state index in [0.29, 0.717) is 22.4 Å². The van der Waals surface area contributed by atoms with Crippen molar-refractivity contribution in [3.63, 3.8) is 0 Å². The number of ether oxygens (including phenoxy) is 1. The summed E-state index contributed by atoms with van der Waals surface area (Å²) < 4.78 is 5.80. The Morgan fingerprint density at radius 3 is 2.38 bits per heavy atom. The number of thioether (sulfide) groups is 1. The Bertz CT molecular complexity index is 1190. The average Bonchev–Trinajstić information content (AvgIpc) is 3.07. The first kappa shape index (κ1) is 21.4. The molecule has 7 heteroatoms. The minimum atomic E-state index is -1.24. The van der Waals surface area contributed by atoms with Crippen LogP contribution in [0.1, 0.15) is 21.5 Å². The van der Waals surface area contributed by atoms with Crippen LogP contribution >= 0.6 is 11.8 Å². The molecule has 0 aliphatic carbocycles. The maximum atomic E-state index is 12.6. The molecule has 0 aromatic heterocycles. The molecular formula is C25H19N2O4S-. The van der Waals surface area contributed by atoms with Crippen molar-refractivity contribution in [1.29, 1.82) is 0 Å². The number of amidine groups is 1. The average molecular weight is 444 g/mol. The lowest BCUT2D eigenvalue weighted by Crippen LogP contribution is -2.23. The van der Waals surface area contributed by atoms with E-state index in [1.807, 2.05) is 60.7 Å². The Morgan fingerprint density at radius 2 is 1.72 bits per heavy atom. The van der Waals surface area contributed by atoms with Crippen molar-refractivity contribution in [2.45, 2.75) is 6.61 Å². The largest absolute Gasteiger partial charge is 0.545 e. The van der Waals surface area contributed by atoms with Crippen molar-refractivity contribution < 1.29 is 19.4 Å². The van der Waals surface area contributed by atoms with Gasteiger partial charge in [-0.15, -0.1) is 0 Å². The van der Waals surface area contributed by atoms with Crippen molar-refractivity contribution in [2.24, 2.45) is 4.99 Å². The van der Waals surface area contributed by atoms with Gasteiger partial charge in [0, 0.05) is 7.05 Å². The minimum absolute atomic E-state index is 0.0780. The summed E-state index contributed by atoms with van der Waals surface area (Å²) in [6.45, 7) is 0.490. The Balaban J connectivity index is 1.44. The zero-order valence-electron chi connectivity index (χ0n) is 17.2. The van der Waals surface area contributed by atoms with E-state index in [4.69, 9.17) is 4.74 Å². The minimum Gasteiger partial charge on any atom is -0.545 e. The van der Waals surface area contributed by atoms with Gasteiger partial charge in [0.05, 0.1) is 16.6 Å². The first-order chi connectivity index (χ1) is 15.5. The Morgan fingerprint density at radius 1 is 1.03 bits per heavy atom. The number of carboxylic acids is 1. The lowest BCUT2D eigenvalue weighted by molar-refractivity contribution is -0.255. The van der Waals surface area contributed by atoms with Crippen molar-refractivity contribution in [3.05, 3.63) is 100 Å². The van der Waals surface area contributed by atoms with E-state index in [2.05, 4.69) is 4.99 Å². The Labute approximate surface area is 189 Å². The van der Waals surface area contributed by atoms with Gasteiger partial charge in [-0.25, -0.2) is 4.99 Å². The zero-order valence-corrected chi connectivity index (χ0v) is 18.0. The number of aromatic carboxylic acids is 1. The van der Waals surface area contributed by atoms with E-state index >= 15 is 0 Å². The van der Waals surface area contributed by atoms with E-state index in [1.54, 1.807) is 19.2 Å². The highest BCUT2D eigenvalue weighted by Gasteiger charge is 2.30. The van der Waals surface area contributed by atoms with Gasteiger partial charge in [-0.3, -0.25) is 9.69 Å². The molecule has 1 aliphatic rings. The van der Waals surface area contributed by atoms with E-state index < -0.39 is 5.97 Å².